The number of nitrogens with zero attached hydrogens (tertiary/aromatic N) is 3. The number of fused-ring (bicyclic) bond motifs is 9. The molecule has 3 heteroatoms. The van der Waals surface area contributed by atoms with Gasteiger partial charge in [0.1, 0.15) is 0 Å². The standard InChI is InChI=1S/C42H29N3/c1-7-19-37-31(13-1)32-14-2-8-20-38(32)43(37)28-25-29(44-39-21-9-3-15-33(39)34-16-4-10-22-40(34)44)27-30(26-28)45-41-23-11-5-17-35(41)36-18-6-12-24-42(36)45/h1-26,29H,27H2. The molecule has 6 aromatic carbocycles. The van der Waals surface area contributed by atoms with E-state index in [1.165, 1.54) is 76.8 Å². The second-order valence-corrected chi connectivity index (χ2v) is 12.1. The van der Waals surface area contributed by atoms with E-state index in [4.69, 9.17) is 0 Å². The highest BCUT2D eigenvalue weighted by atomic mass is 15.1. The van der Waals surface area contributed by atoms with Crippen molar-refractivity contribution in [2.45, 2.75) is 12.5 Å². The lowest BCUT2D eigenvalue weighted by molar-refractivity contribution is 0.645. The van der Waals surface area contributed by atoms with Crippen LogP contribution in [0.1, 0.15) is 12.5 Å². The molecule has 9 aromatic rings. The van der Waals surface area contributed by atoms with Gasteiger partial charge < -0.3 is 13.7 Å². The van der Waals surface area contributed by atoms with Gasteiger partial charge in [-0.2, -0.15) is 0 Å². The normalized spacial score (nSPS) is 15.5. The molecule has 1 atom stereocenters. The Balaban J connectivity index is 1.31. The highest BCUT2D eigenvalue weighted by molar-refractivity contribution is 6.13. The predicted molar refractivity (Wildman–Crippen MR) is 191 cm³/mol. The number of benzene rings is 6. The lowest BCUT2D eigenvalue weighted by Crippen LogP contribution is -2.15. The summed E-state index contributed by atoms with van der Waals surface area (Å²) in [5.41, 5.74) is 9.97. The van der Waals surface area contributed by atoms with Gasteiger partial charge in [0.15, 0.2) is 0 Å². The summed E-state index contributed by atoms with van der Waals surface area (Å²) in [7, 11) is 0. The molecule has 1 aliphatic carbocycles. The first-order chi connectivity index (χ1) is 22.3. The summed E-state index contributed by atoms with van der Waals surface area (Å²) in [6.07, 6.45) is 5.79. The van der Waals surface area contributed by atoms with Crippen LogP contribution in [0, 0.1) is 0 Å². The Morgan fingerprint density at radius 3 is 1.13 bits per heavy atom. The molecule has 0 radical (unpaired) electrons. The van der Waals surface area contributed by atoms with Crippen molar-refractivity contribution >= 4 is 76.8 Å². The van der Waals surface area contributed by atoms with Crippen LogP contribution in [0.3, 0.4) is 0 Å². The van der Waals surface area contributed by atoms with Gasteiger partial charge in [0.2, 0.25) is 0 Å². The summed E-state index contributed by atoms with van der Waals surface area (Å²) in [5.74, 6) is 0. The van der Waals surface area contributed by atoms with E-state index in [-0.39, 0.29) is 6.04 Å². The van der Waals surface area contributed by atoms with Crippen molar-refractivity contribution in [3.05, 3.63) is 158 Å². The third kappa shape index (κ3) is 3.46. The first-order valence-corrected chi connectivity index (χ1v) is 15.7. The monoisotopic (exact) mass is 575 g/mol. The van der Waals surface area contributed by atoms with Gasteiger partial charge in [-0.25, -0.2) is 0 Å². The fourth-order valence-electron chi connectivity index (χ4n) is 7.95. The van der Waals surface area contributed by atoms with Gasteiger partial charge in [0.25, 0.3) is 0 Å². The number of hydrogen-bond acceptors (Lipinski definition) is 0. The fourth-order valence-corrected chi connectivity index (χ4v) is 7.95. The van der Waals surface area contributed by atoms with Crippen molar-refractivity contribution in [2.24, 2.45) is 0 Å². The van der Waals surface area contributed by atoms with Crippen LogP contribution in [-0.2, 0) is 0 Å². The van der Waals surface area contributed by atoms with E-state index in [1.54, 1.807) is 0 Å². The second kappa shape index (κ2) is 9.35. The third-order valence-corrected chi connectivity index (χ3v) is 9.75. The molecular weight excluding hydrogens is 546 g/mol. The summed E-state index contributed by atoms with van der Waals surface area (Å²) < 4.78 is 7.55. The van der Waals surface area contributed by atoms with Gasteiger partial charge in [-0.1, -0.05) is 109 Å². The largest absolute Gasteiger partial charge is 0.333 e. The summed E-state index contributed by atoms with van der Waals surface area (Å²) in [5, 5.41) is 7.73. The van der Waals surface area contributed by atoms with Crippen molar-refractivity contribution in [2.75, 3.05) is 0 Å². The number of allylic oxidation sites excluding steroid dienone is 4. The maximum atomic E-state index is 2.57. The van der Waals surface area contributed by atoms with E-state index >= 15 is 0 Å². The lowest BCUT2D eigenvalue weighted by Gasteiger charge is -2.27. The van der Waals surface area contributed by atoms with Crippen molar-refractivity contribution in [1.82, 2.24) is 13.7 Å². The molecule has 212 valence electrons. The van der Waals surface area contributed by atoms with E-state index in [1.807, 2.05) is 0 Å². The van der Waals surface area contributed by atoms with E-state index in [2.05, 4.69) is 171 Å². The van der Waals surface area contributed by atoms with E-state index < -0.39 is 0 Å². The molecule has 1 unspecified atom stereocenters. The number of para-hydroxylation sites is 6. The lowest BCUT2D eigenvalue weighted by atomic mass is 10.0. The van der Waals surface area contributed by atoms with Crippen LogP contribution >= 0.6 is 0 Å². The molecule has 0 amide bonds. The summed E-state index contributed by atoms with van der Waals surface area (Å²) in [6.45, 7) is 0. The van der Waals surface area contributed by atoms with Crippen LogP contribution in [0.5, 0.6) is 0 Å². The van der Waals surface area contributed by atoms with Gasteiger partial charge in [-0.05, 0) is 48.6 Å². The van der Waals surface area contributed by atoms with Crippen molar-refractivity contribution in [3.8, 4) is 0 Å². The van der Waals surface area contributed by atoms with E-state index in [0.717, 1.165) is 6.42 Å². The molecule has 0 spiro atoms. The van der Waals surface area contributed by atoms with Crippen LogP contribution in [0.25, 0.3) is 76.8 Å². The van der Waals surface area contributed by atoms with Gasteiger partial charge >= 0.3 is 0 Å². The number of rotatable bonds is 3. The molecule has 3 aromatic heterocycles. The topological polar surface area (TPSA) is 14.8 Å². The Kier molecular flexibility index (Phi) is 5.11. The molecular formula is C42H29N3. The molecule has 3 nitrogen and oxygen atoms in total. The maximum Gasteiger partial charge on any atom is 0.0600 e. The first kappa shape index (κ1) is 24.6. The Labute approximate surface area is 260 Å². The van der Waals surface area contributed by atoms with Crippen LogP contribution in [0.4, 0.5) is 0 Å². The molecule has 45 heavy (non-hydrogen) atoms. The zero-order valence-electron chi connectivity index (χ0n) is 24.6. The SMILES string of the molecule is C1=C(n2c3ccccc3c3ccccc32)C=C(n2c3ccccc3c3ccccc32)CC1n1c2ccccc2c2ccccc21. The smallest absolute Gasteiger partial charge is 0.0600 e. The molecule has 0 N–H and O–H groups in total. The average molecular weight is 576 g/mol. The van der Waals surface area contributed by atoms with Gasteiger partial charge in [0, 0.05) is 61.2 Å². The third-order valence-electron chi connectivity index (χ3n) is 9.75. The van der Waals surface area contributed by atoms with Crippen LogP contribution in [-0.4, -0.2) is 13.7 Å². The number of hydrogen-bond donors (Lipinski definition) is 0. The van der Waals surface area contributed by atoms with Crippen LogP contribution < -0.4 is 0 Å². The zero-order valence-corrected chi connectivity index (χ0v) is 24.6. The predicted octanol–water partition coefficient (Wildman–Crippen LogP) is 11.0. The average Bonchev–Trinajstić information content (AvgIpc) is 3.74. The summed E-state index contributed by atoms with van der Waals surface area (Å²) in [6, 6.07) is 53.1. The molecule has 10 rings (SSSR count). The van der Waals surface area contributed by atoms with Crippen LogP contribution in [0.15, 0.2) is 158 Å². The van der Waals surface area contributed by atoms with Gasteiger partial charge in [-0.15, -0.1) is 0 Å². The minimum atomic E-state index is 0.102. The van der Waals surface area contributed by atoms with Crippen molar-refractivity contribution in [3.63, 3.8) is 0 Å². The highest BCUT2D eigenvalue weighted by Gasteiger charge is 2.26. The Bertz CT molecular complexity index is 2530. The molecule has 3 heterocycles. The number of aromatic nitrogens is 3. The summed E-state index contributed by atoms with van der Waals surface area (Å²) >= 11 is 0. The Hall–Kier alpha value is -5.80. The molecule has 1 aliphatic rings. The zero-order chi connectivity index (χ0) is 29.5. The first-order valence-electron chi connectivity index (χ1n) is 15.7. The maximum absolute atomic E-state index is 2.57. The Morgan fingerprint density at radius 2 is 0.711 bits per heavy atom. The molecule has 0 saturated heterocycles. The van der Waals surface area contributed by atoms with E-state index in [0.29, 0.717) is 0 Å². The van der Waals surface area contributed by atoms with E-state index in [9.17, 15) is 0 Å². The van der Waals surface area contributed by atoms with Crippen LogP contribution in [0.2, 0.25) is 0 Å². The molecule has 0 fully saturated rings. The Morgan fingerprint density at radius 1 is 0.378 bits per heavy atom. The minimum Gasteiger partial charge on any atom is -0.333 e. The quantitative estimate of drug-likeness (QED) is 0.199. The van der Waals surface area contributed by atoms with Crippen molar-refractivity contribution in [1.29, 1.82) is 0 Å². The molecule has 0 saturated carbocycles. The summed E-state index contributed by atoms with van der Waals surface area (Å²) in [4.78, 5) is 0. The van der Waals surface area contributed by atoms with Crippen molar-refractivity contribution < 1.29 is 0 Å². The minimum absolute atomic E-state index is 0.102. The fraction of sp³-hybridized carbons (Fsp3) is 0.0476. The molecule has 0 aliphatic heterocycles. The highest BCUT2D eigenvalue weighted by Crippen LogP contribution is 2.43. The second-order valence-electron chi connectivity index (χ2n) is 12.1. The van der Waals surface area contributed by atoms with Gasteiger partial charge in [0.05, 0.1) is 28.1 Å². The molecule has 0 bridgehead atoms. The van der Waals surface area contributed by atoms with Gasteiger partial charge in [-0.3, -0.25) is 0 Å².